The highest BCUT2D eigenvalue weighted by Gasteiger charge is 2.33. The molecule has 0 saturated heterocycles. The average Bonchev–Trinajstić information content (AvgIpc) is 2.53. The Bertz CT molecular complexity index is 457. The molecule has 0 atom stereocenters. The maximum absolute atomic E-state index is 11.5. The summed E-state index contributed by atoms with van der Waals surface area (Å²) in [7, 11) is 0. The minimum Gasteiger partial charge on any atom is -0.354 e. The summed E-state index contributed by atoms with van der Waals surface area (Å²) in [6, 6.07) is 2.25. The van der Waals surface area contributed by atoms with Crippen molar-refractivity contribution in [2.24, 2.45) is 5.41 Å². The summed E-state index contributed by atoms with van der Waals surface area (Å²) < 4.78 is 2.36. The second-order valence-electron chi connectivity index (χ2n) is 5.80. The summed E-state index contributed by atoms with van der Waals surface area (Å²) in [5.41, 5.74) is 4.54. The Kier molecular flexibility index (Phi) is 1.94. The van der Waals surface area contributed by atoms with Crippen LogP contribution in [0.4, 0.5) is 0 Å². The maximum atomic E-state index is 11.5. The van der Waals surface area contributed by atoms with Crippen molar-refractivity contribution >= 4 is 5.91 Å². The Hall–Kier alpha value is -1.25. The SMILES string of the molecule is CC1(C)Cc2cc3n(c2C1)CCNC(=O)C3. The van der Waals surface area contributed by atoms with Crippen LogP contribution in [0.15, 0.2) is 6.07 Å². The lowest BCUT2D eigenvalue weighted by molar-refractivity contribution is -0.120. The van der Waals surface area contributed by atoms with Gasteiger partial charge in [-0.2, -0.15) is 0 Å². The van der Waals surface area contributed by atoms with Gasteiger partial charge in [-0.3, -0.25) is 4.79 Å². The van der Waals surface area contributed by atoms with E-state index in [2.05, 4.69) is 29.8 Å². The van der Waals surface area contributed by atoms with Gasteiger partial charge in [0.15, 0.2) is 0 Å². The third-order valence-electron chi connectivity index (χ3n) is 3.70. The lowest BCUT2D eigenvalue weighted by Gasteiger charge is -2.17. The zero-order chi connectivity index (χ0) is 11.3. The van der Waals surface area contributed by atoms with Gasteiger partial charge in [-0.25, -0.2) is 0 Å². The first-order valence-corrected chi connectivity index (χ1v) is 6.02. The zero-order valence-electron chi connectivity index (χ0n) is 9.97. The van der Waals surface area contributed by atoms with E-state index in [0.717, 1.165) is 25.9 Å². The van der Waals surface area contributed by atoms with Crippen molar-refractivity contribution in [1.82, 2.24) is 9.88 Å². The maximum Gasteiger partial charge on any atom is 0.225 e. The predicted octanol–water partition coefficient (Wildman–Crippen LogP) is 1.29. The molecule has 2 aliphatic rings. The molecule has 1 N–H and O–H groups in total. The molecule has 0 fully saturated rings. The van der Waals surface area contributed by atoms with Crippen LogP contribution in [0.5, 0.6) is 0 Å². The Morgan fingerprint density at radius 2 is 2.19 bits per heavy atom. The van der Waals surface area contributed by atoms with Gasteiger partial charge in [-0.1, -0.05) is 13.8 Å². The Morgan fingerprint density at radius 3 is 3.00 bits per heavy atom. The van der Waals surface area contributed by atoms with Gasteiger partial charge in [-0.15, -0.1) is 0 Å². The predicted molar refractivity (Wildman–Crippen MR) is 62.3 cm³/mol. The molecule has 3 heteroatoms. The Morgan fingerprint density at radius 1 is 1.38 bits per heavy atom. The van der Waals surface area contributed by atoms with E-state index in [9.17, 15) is 4.79 Å². The molecule has 2 heterocycles. The van der Waals surface area contributed by atoms with Crippen LogP contribution < -0.4 is 5.32 Å². The van der Waals surface area contributed by atoms with Crippen LogP contribution in [0.3, 0.4) is 0 Å². The molecule has 1 aliphatic carbocycles. The van der Waals surface area contributed by atoms with Crippen LogP contribution in [0, 0.1) is 5.41 Å². The van der Waals surface area contributed by atoms with Gasteiger partial charge in [-0.05, 0) is 29.9 Å². The van der Waals surface area contributed by atoms with Gasteiger partial charge in [0.05, 0.1) is 6.42 Å². The molecule has 1 aliphatic heterocycles. The molecule has 0 aromatic carbocycles. The highest BCUT2D eigenvalue weighted by Crippen LogP contribution is 2.38. The Balaban J connectivity index is 2.02. The third kappa shape index (κ3) is 1.46. The summed E-state index contributed by atoms with van der Waals surface area (Å²) in [5.74, 6) is 0.161. The summed E-state index contributed by atoms with van der Waals surface area (Å²) in [6.45, 7) is 6.35. The number of rotatable bonds is 0. The highest BCUT2D eigenvalue weighted by atomic mass is 16.1. The lowest BCUT2D eigenvalue weighted by Crippen LogP contribution is -2.24. The molecule has 3 rings (SSSR count). The van der Waals surface area contributed by atoms with Gasteiger partial charge < -0.3 is 9.88 Å². The molecule has 1 aromatic rings. The van der Waals surface area contributed by atoms with Crippen molar-refractivity contribution in [3.8, 4) is 0 Å². The van der Waals surface area contributed by atoms with Crippen molar-refractivity contribution in [2.45, 2.75) is 39.7 Å². The number of carbonyl (C=O) groups excluding carboxylic acids is 1. The van der Waals surface area contributed by atoms with Gasteiger partial charge in [0.2, 0.25) is 5.91 Å². The number of aromatic nitrogens is 1. The van der Waals surface area contributed by atoms with Crippen LogP contribution >= 0.6 is 0 Å². The third-order valence-corrected chi connectivity index (χ3v) is 3.70. The number of hydrogen-bond donors (Lipinski definition) is 1. The van der Waals surface area contributed by atoms with Crippen LogP contribution in [0.2, 0.25) is 0 Å². The zero-order valence-corrected chi connectivity index (χ0v) is 9.97. The van der Waals surface area contributed by atoms with E-state index in [0.29, 0.717) is 11.8 Å². The van der Waals surface area contributed by atoms with Crippen molar-refractivity contribution in [3.05, 3.63) is 23.0 Å². The molecule has 3 nitrogen and oxygen atoms in total. The lowest BCUT2D eigenvalue weighted by atomic mass is 9.90. The normalized spacial score (nSPS) is 22.2. The van der Waals surface area contributed by atoms with Crippen molar-refractivity contribution in [3.63, 3.8) is 0 Å². The number of nitrogens with zero attached hydrogens (tertiary/aromatic N) is 1. The van der Waals surface area contributed by atoms with Gasteiger partial charge >= 0.3 is 0 Å². The largest absolute Gasteiger partial charge is 0.354 e. The second-order valence-corrected chi connectivity index (χ2v) is 5.80. The molecule has 0 bridgehead atoms. The first-order chi connectivity index (χ1) is 7.55. The van der Waals surface area contributed by atoms with Crippen LogP contribution in [-0.4, -0.2) is 17.0 Å². The fourth-order valence-corrected chi connectivity index (χ4v) is 3.06. The van der Waals surface area contributed by atoms with E-state index in [1.165, 1.54) is 17.0 Å². The summed E-state index contributed by atoms with van der Waals surface area (Å²) in [4.78, 5) is 11.5. The van der Waals surface area contributed by atoms with E-state index in [1.54, 1.807) is 0 Å². The first-order valence-electron chi connectivity index (χ1n) is 6.02. The molecule has 0 saturated carbocycles. The number of hydrogen-bond acceptors (Lipinski definition) is 1. The van der Waals surface area contributed by atoms with E-state index < -0.39 is 0 Å². The number of fused-ring (bicyclic) bond motifs is 3. The van der Waals surface area contributed by atoms with E-state index in [4.69, 9.17) is 0 Å². The molecule has 0 radical (unpaired) electrons. The first kappa shape index (κ1) is 9.94. The van der Waals surface area contributed by atoms with Crippen LogP contribution in [0.1, 0.15) is 30.8 Å². The van der Waals surface area contributed by atoms with E-state index in [-0.39, 0.29) is 5.91 Å². The fraction of sp³-hybridized carbons (Fsp3) is 0.615. The highest BCUT2D eigenvalue weighted by molar-refractivity contribution is 5.78. The molecule has 1 amide bonds. The van der Waals surface area contributed by atoms with Gasteiger partial charge in [0, 0.05) is 24.5 Å². The number of amides is 1. The standard InChI is InChI=1S/C13H18N2O/c1-13(2)7-9-5-10-6-12(16)14-3-4-15(10)11(9)8-13/h5H,3-4,6-8H2,1-2H3,(H,14,16). The molecule has 0 unspecified atom stereocenters. The van der Waals surface area contributed by atoms with Crippen molar-refractivity contribution < 1.29 is 4.79 Å². The number of carbonyl (C=O) groups is 1. The van der Waals surface area contributed by atoms with E-state index >= 15 is 0 Å². The topological polar surface area (TPSA) is 34.0 Å². The minimum atomic E-state index is 0.161. The molecular weight excluding hydrogens is 200 g/mol. The molecular formula is C13H18N2O. The second kappa shape index (κ2) is 3.12. The Labute approximate surface area is 95.8 Å². The summed E-state index contributed by atoms with van der Waals surface area (Å²) >= 11 is 0. The van der Waals surface area contributed by atoms with Crippen LogP contribution in [0.25, 0.3) is 0 Å². The van der Waals surface area contributed by atoms with Crippen LogP contribution in [-0.2, 0) is 30.6 Å². The minimum absolute atomic E-state index is 0.161. The summed E-state index contributed by atoms with van der Waals surface area (Å²) in [5, 5.41) is 2.93. The van der Waals surface area contributed by atoms with Gasteiger partial charge in [0.25, 0.3) is 0 Å². The molecule has 1 aromatic heterocycles. The molecule has 86 valence electrons. The van der Waals surface area contributed by atoms with E-state index in [1.807, 2.05) is 0 Å². The number of nitrogens with one attached hydrogen (secondary N) is 1. The van der Waals surface area contributed by atoms with Gasteiger partial charge in [0.1, 0.15) is 0 Å². The van der Waals surface area contributed by atoms with Crippen molar-refractivity contribution in [2.75, 3.05) is 6.54 Å². The molecule has 16 heavy (non-hydrogen) atoms. The molecule has 0 spiro atoms. The monoisotopic (exact) mass is 218 g/mol. The quantitative estimate of drug-likeness (QED) is 0.699. The fourth-order valence-electron chi connectivity index (χ4n) is 3.06. The van der Waals surface area contributed by atoms with Crippen molar-refractivity contribution in [1.29, 1.82) is 0 Å². The smallest absolute Gasteiger partial charge is 0.225 e. The summed E-state index contributed by atoms with van der Waals surface area (Å²) in [6.07, 6.45) is 2.86. The average molecular weight is 218 g/mol.